The second-order valence-corrected chi connectivity index (χ2v) is 1.56. The summed E-state index contributed by atoms with van der Waals surface area (Å²) in [6, 6.07) is 0. The normalized spacial score (nSPS) is 15.5. The van der Waals surface area contributed by atoms with Crippen LogP contribution < -0.4 is 0 Å². The second kappa shape index (κ2) is 1.71. The van der Waals surface area contributed by atoms with Crippen LogP contribution in [0.1, 0.15) is 6.92 Å². The van der Waals surface area contributed by atoms with Crippen LogP contribution in [0.5, 0.6) is 0 Å². The third kappa shape index (κ3) is 28.1. The van der Waals surface area contributed by atoms with Gasteiger partial charge in [-0.1, -0.05) is 6.92 Å². The third-order valence-electron chi connectivity index (χ3n) is 0. The van der Waals surface area contributed by atoms with Gasteiger partial charge in [0.15, 0.2) is 0 Å². The Morgan fingerprint density at radius 1 is 2.00 bits per heavy atom. The lowest BCUT2D eigenvalue weighted by molar-refractivity contribution is 1.42. The number of rotatable bonds is 0. The molecule has 0 spiro atoms. The maximum Gasteiger partial charge on any atom is 0.0838 e. The minimum atomic E-state index is 0.0278. The van der Waals surface area contributed by atoms with Gasteiger partial charge in [0.25, 0.3) is 0 Å². The molecule has 0 nitrogen and oxygen atoms in total. The topological polar surface area (TPSA) is 0 Å². The van der Waals surface area contributed by atoms with E-state index in [4.69, 9.17) is 7.85 Å². The minimum absolute atomic E-state index is 0.0278. The molecule has 0 bridgehead atoms. The molecule has 22 valence electrons. The molecule has 1 atom stereocenters. The molecule has 0 fully saturated rings. The highest BCUT2D eigenvalue weighted by Crippen LogP contribution is 1.77. The lowest BCUT2D eigenvalue weighted by Crippen LogP contribution is -1.82. The van der Waals surface area contributed by atoms with Gasteiger partial charge in [-0.3, -0.25) is 0 Å². The first kappa shape index (κ1) is 4.41. The summed E-state index contributed by atoms with van der Waals surface area (Å²) < 4.78 is 0. The summed E-state index contributed by atoms with van der Waals surface area (Å²) in [6.45, 7) is 1.81. The Kier molecular flexibility index (Phi) is 1.88. The number of hydrogen-bond donors (Lipinski definition) is 1. The molecule has 0 saturated heterocycles. The van der Waals surface area contributed by atoms with E-state index >= 15 is 0 Å². The van der Waals surface area contributed by atoms with Gasteiger partial charge < -0.3 is 0 Å². The number of thiol groups is 1. The number of hydrogen-bond acceptors (Lipinski definition) is 1. The van der Waals surface area contributed by atoms with Crippen LogP contribution >= 0.6 is 12.6 Å². The largest absolute Gasteiger partial charge is 0.186 e. The fourth-order valence-electron chi connectivity index (χ4n) is 0. The smallest absolute Gasteiger partial charge is 0.0838 e. The average Bonchev–Trinajstić information content (AvgIpc) is 0.811. The quantitative estimate of drug-likeness (QED) is 0.311. The van der Waals surface area contributed by atoms with E-state index < -0.39 is 0 Å². The predicted octanol–water partition coefficient (Wildman–Crippen LogP) is 0.431. The highest BCUT2D eigenvalue weighted by Gasteiger charge is 1.69. The molecule has 2 heteroatoms. The van der Waals surface area contributed by atoms with Crippen molar-refractivity contribution in [3.05, 3.63) is 0 Å². The van der Waals surface area contributed by atoms with E-state index in [1.807, 2.05) is 6.92 Å². The summed E-state index contributed by atoms with van der Waals surface area (Å²) in [7, 11) is 4.98. The van der Waals surface area contributed by atoms with E-state index in [9.17, 15) is 0 Å². The molecule has 0 aromatic carbocycles. The Balaban J connectivity index is 2.32. The van der Waals surface area contributed by atoms with Crippen molar-refractivity contribution in [3.63, 3.8) is 0 Å². The van der Waals surface area contributed by atoms with Crippen molar-refractivity contribution in [1.82, 2.24) is 0 Å². The van der Waals surface area contributed by atoms with Gasteiger partial charge in [-0.05, 0) is 5.15 Å². The molecule has 0 rings (SSSR count). The first-order chi connectivity index (χ1) is 1.73. The van der Waals surface area contributed by atoms with Crippen molar-refractivity contribution in [1.29, 1.82) is 0 Å². The average molecular weight is 71.9 g/mol. The van der Waals surface area contributed by atoms with Crippen LogP contribution in [0.3, 0.4) is 0 Å². The van der Waals surface area contributed by atoms with Gasteiger partial charge in [-0.15, -0.1) is 0 Å². The van der Waals surface area contributed by atoms with E-state index in [0.29, 0.717) is 0 Å². The lowest BCUT2D eigenvalue weighted by atomic mass is 10.1. The van der Waals surface area contributed by atoms with Gasteiger partial charge in [-0.2, -0.15) is 12.6 Å². The summed E-state index contributed by atoms with van der Waals surface area (Å²) in [5, 5.41) is 0.0278. The van der Waals surface area contributed by atoms with E-state index in [1.165, 1.54) is 0 Å². The highest BCUT2D eigenvalue weighted by atomic mass is 32.1. The Bertz CT molecular complexity index is 10.8. The summed E-state index contributed by atoms with van der Waals surface area (Å²) in [4.78, 5) is 0. The zero-order chi connectivity index (χ0) is 3.58. The van der Waals surface area contributed by atoms with Crippen LogP contribution in [0.15, 0.2) is 0 Å². The molecular formula is C2H5BS. The molecule has 0 aromatic heterocycles. The van der Waals surface area contributed by atoms with Gasteiger partial charge >= 0.3 is 0 Å². The molecule has 0 heterocycles. The van der Waals surface area contributed by atoms with Crippen LogP contribution in [-0.2, 0) is 0 Å². The van der Waals surface area contributed by atoms with Crippen molar-refractivity contribution in [3.8, 4) is 0 Å². The van der Waals surface area contributed by atoms with Crippen LogP contribution in [-0.4, -0.2) is 13.0 Å². The van der Waals surface area contributed by atoms with Crippen molar-refractivity contribution in [2.24, 2.45) is 0 Å². The summed E-state index contributed by atoms with van der Waals surface area (Å²) in [5.74, 6) is 0. The van der Waals surface area contributed by atoms with Crippen LogP contribution in [0.25, 0.3) is 0 Å². The van der Waals surface area contributed by atoms with Gasteiger partial charge in [0, 0.05) is 0 Å². The monoisotopic (exact) mass is 72.0 g/mol. The maximum absolute atomic E-state index is 4.98. The summed E-state index contributed by atoms with van der Waals surface area (Å²) >= 11 is 3.74. The van der Waals surface area contributed by atoms with Crippen molar-refractivity contribution < 1.29 is 0 Å². The van der Waals surface area contributed by atoms with Crippen LogP contribution in [0, 0.1) is 0 Å². The molecule has 0 aliphatic rings. The molecule has 1 unspecified atom stereocenters. The minimum Gasteiger partial charge on any atom is -0.186 e. The lowest BCUT2D eigenvalue weighted by Gasteiger charge is -1.78. The van der Waals surface area contributed by atoms with Crippen LogP contribution in [0.4, 0.5) is 0 Å². The van der Waals surface area contributed by atoms with E-state index in [-0.39, 0.29) is 5.15 Å². The Labute approximate surface area is 33.4 Å². The van der Waals surface area contributed by atoms with Gasteiger partial charge in [-0.25, -0.2) is 0 Å². The van der Waals surface area contributed by atoms with Crippen LogP contribution in [0.2, 0.25) is 0 Å². The standard InChI is InChI=1S/C2H5BS/c1-2(3)4/h2,4H,1H3. The first-order valence-corrected chi connectivity index (χ1v) is 1.69. The Morgan fingerprint density at radius 2 is 2.00 bits per heavy atom. The van der Waals surface area contributed by atoms with Gasteiger partial charge in [0.05, 0.1) is 7.85 Å². The molecule has 0 aliphatic carbocycles. The maximum atomic E-state index is 4.98. The molecule has 0 N–H and O–H groups in total. The fourth-order valence-corrected chi connectivity index (χ4v) is 0. The second-order valence-electron chi connectivity index (χ2n) is 0.741. The summed E-state index contributed by atoms with van der Waals surface area (Å²) in [5.41, 5.74) is 0. The predicted molar refractivity (Wildman–Crippen MR) is 24.2 cm³/mol. The summed E-state index contributed by atoms with van der Waals surface area (Å²) in [6.07, 6.45) is 0. The van der Waals surface area contributed by atoms with Crippen molar-refractivity contribution >= 4 is 20.5 Å². The van der Waals surface area contributed by atoms with E-state index in [0.717, 1.165) is 0 Å². The molecule has 0 saturated carbocycles. The van der Waals surface area contributed by atoms with Crippen molar-refractivity contribution in [2.75, 3.05) is 0 Å². The first-order valence-electron chi connectivity index (χ1n) is 1.17. The molecule has 0 amide bonds. The van der Waals surface area contributed by atoms with E-state index in [2.05, 4.69) is 12.6 Å². The Morgan fingerprint density at radius 3 is 2.00 bits per heavy atom. The van der Waals surface area contributed by atoms with E-state index in [1.54, 1.807) is 0 Å². The zero-order valence-corrected chi connectivity index (χ0v) is 3.50. The molecule has 2 radical (unpaired) electrons. The zero-order valence-electron chi connectivity index (χ0n) is 2.60. The van der Waals surface area contributed by atoms with Gasteiger partial charge in [0.1, 0.15) is 0 Å². The third-order valence-corrected chi connectivity index (χ3v) is 0. The molecule has 0 aromatic rings. The Hall–Kier alpha value is 0.415. The van der Waals surface area contributed by atoms with Crippen molar-refractivity contribution in [2.45, 2.75) is 12.1 Å². The highest BCUT2D eigenvalue weighted by molar-refractivity contribution is 7.82. The molecular weight excluding hydrogens is 66.9 g/mol. The molecule has 0 aliphatic heterocycles. The SMILES string of the molecule is [B]C(C)S. The van der Waals surface area contributed by atoms with Gasteiger partial charge in [0.2, 0.25) is 0 Å². The molecule has 4 heavy (non-hydrogen) atoms. The fraction of sp³-hybridized carbons (Fsp3) is 1.00.